The number of ketones is 1. The lowest BCUT2D eigenvalue weighted by Crippen LogP contribution is -2.50. The van der Waals surface area contributed by atoms with Gasteiger partial charge in [0.2, 0.25) is 5.91 Å². The molecule has 2 aromatic rings. The normalized spacial score (nSPS) is 16.0. The van der Waals surface area contributed by atoms with Crippen LogP contribution in [0.4, 0.5) is 0 Å². The third kappa shape index (κ3) is 14.6. The number of ether oxygens (including phenoxy) is 2. The highest BCUT2D eigenvalue weighted by Crippen LogP contribution is 2.33. The zero-order valence-electron chi connectivity index (χ0n) is 35.4. The van der Waals surface area contributed by atoms with Crippen LogP contribution < -0.4 is 10.6 Å². The highest BCUT2D eigenvalue weighted by Gasteiger charge is 2.38. The van der Waals surface area contributed by atoms with Crippen molar-refractivity contribution in [2.75, 3.05) is 27.3 Å². The number of nitrogens with one attached hydrogen (secondary N) is 2. The van der Waals surface area contributed by atoms with Gasteiger partial charge in [-0.15, -0.1) is 11.3 Å². The van der Waals surface area contributed by atoms with E-state index < -0.39 is 24.0 Å². The van der Waals surface area contributed by atoms with E-state index in [1.165, 1.54) is 18.4 Å². The summed E-state index contributed by atoms with van der Waals surface area (Å²) in [5.41, 5.74) is 1.15. The number of aromatic nitrogens is 1. The predicted molar refractivity (Wildman–Crippen MR) is 220 cm³/mol. The second-order valence-electron chi connectivity index (χ2n) is 15.5. The first-order chi connectivity index (χ1) is 26.1. The maximum atomic E-state index is 14.7. The number of thiazole rings is 1. The summed E-state index contributed by atoms with van der Waals surface area (Å²) in [4.78, 5) is 61.2. The van der Waals surface area contributed by atoms with Gasteiger partial charge in [0.15, 0.2) is 5.78 Å². The van der Waals surface area contributed by atoms with Gasteiger partial charge in [-0.3, -0.25) is 19.2 Å². The molecule has 0 aliphatic heterocycles. The van der Waals surface area contributed by atoms with Gasteiger partial charge in [0.25, 0.3) is 5.91 Å². The number of rotatable bonds is 26. The molecule has 0 bridgehead atoms. The number of hydrogen-bond donors (Lipinski definition) is 3. The second kappa shape index (κ2) is 24.3. The topological polar surface area (TPSA) is 147 Å². The summed E-state index contributed by atoms with van der Waals surface area (Å²) in [5.74, 6) is -1.10. The quantitative estimate of drug-likeness (QED) is 0.0815. The zero-order valence-corrected chi connectivity index (χ0v) is 36.2. The third-order valence-corrected chi connectivity index (χ3v) is 11.8. The fraction of sp³-hybridized carbons (Fsp3) is 0.698. The van der Waals surface area contributed by atoms with Crippen LogP contribution in [-0.2, 0) is 30.3 Å². The Morgan fingerprint density at radius 2 is 1.58 bits per heavy atom. The molecule has 0 unspecified atom stereocenters. The number of amides is 2. The van der Waals surface area contributed by atoms with Gasteiger partial charge in [0, 0.05) is 49.4 Å². The number of carbonyl (C=O) groups excluding carboxylic acids is 4. The molecule has 0 saturated heterocycles. The van der Waals surface area contributed by atoms with Crippen molar-refractivity contribution in [1.82, 2.24) is 20.5 Å². The van der Waals surface area contributed by atoms with Crippen LogP contribution in [0.5, 0.6) is 5.75 Å². The van der Waals surface area contributed by atoms with Crippen molar-refractivity contribution in [3.8, 4) is 5.75 Å². The summed E-state index contributed by atoms with van der Waals surface area (Å²) in [6.07, 6.45) is 4.24. The molecular weight excluding hydrogens is 717 g/mol. The van der Waals surface area contributed by atoms with Gasteiger partial charge in [-0.25, -0.2) is 4.98 Å². The van der Waals surface area contributed by atoms with Crippen LogP contribution in [0, 0.1) is 29.6 Å². The van der Waals surface area contributed by atoms with E-state index in [-0.39, 0.29) is 71.3 Å². The Bertz CT molecular complexity index is 1470. The number of Topliss-reactive ketones (excluding diaryl/α,β-unsaturated/α-hetero) is 1. The van der Waals surface area contributed by atoms with Gasteiger partial charge < -0.3 is 30.1 Å². The Morgan fingerprint density at radius 1 is 0.927 bits per heavy atom. The van der Waals surface area contributed by atoms with Gasteiger partial charge in [-0.2, -0.15) is 0 Å². The van der Waals surface area contributed by atoms with Gasteiger partial charge in [-0.1, -0.05) is 87.3 Å². The highest BCUT2D eigenvalue weighted by atomic mass is 32.1. The number of phenolic OH excluding ortho intramolecular Hbond substituents is 1. The molecule has 2 amide bonds. The molecule has 11 nitrogen and oxygen atoms in total. The van der Waals surface area contributed by atoms with Gasteiger partial charge in [0.1, 0.15) is 22.6 Å². The van der Waals surface area contributed by atoms with E-state index in [0.717, 1.165) is 31.2 Å². The minimum Gasteiger partial charge on any atom is -0.508 e. The first-order valence-electron chi connectivity index (χ1n) is 20.4. The molecule has 310 valence electrons. The SMILES string of the molecule is CCCO[C@H](C[C@H](C(C)C)N(CCC)C(=O)[C@@H](CC(=O)[C@@H](NC)[C@@H](C)CC)[C@@H](C)CC)c1nc(C(=O)N[C@@H](Cc2ccc(O)cc2)C[C@H](C)C(=O)OC)cs1. The fourth-order valence-corrected chi connectivity index (χ4v) is 8.02. The molecule has 3 N–H and O–H groups in total. The Labute approximate surface area is 334 Å². The number of nitrogens with zero attached hydrogens (tertiary/aromatic N) is 2. The summed E-state index contributed by atoms with van der Waals surface area (Å²) in [5, 5.41) is 18.4. The smallest absolute Gasteiger partial charge is 0.308 e. The van der Waals surface area contributed by atoms with Crippen LogP contribution in [0.15, 0.2) is 29.6 Å². The van der Waals surface area contributed by atoms with Crippen molar-refractivity contribution >= 4 is 34.9 Å². The molecule has 1 heterocycles. The van der Waals surface area contributed by atoms with Crippen molar-refractivity contribution in [2.45, 2.75) is 138 Å². The van der Waals surface area contributed by atoms with E-state index >= 15 is 0 Å². The summed E-state index contributed by atoms with van der Waals surface area (Å²) >= 11 is 1.36. The molecule has 0 radical (unpaired) electrons. The average molecular weight is 787 g/mol. The van der Waals surface area contributed by atoms with Crippen LogP contribution in [0.25, 0.3) is 0 Å². The van der Waals surface area contributed by atoms with Crippen LogP contribution in [-0.4, -0.2) is 84.0 Å². The lowest BCUT2D eigenvalue weighted by molar-refractivity contribution is -0.145. The van der Waals surface area contributed by atoms with Gasteiger partial charge in [0.05, 0.1) is 19.1 Å². The largest absolute Gasteiger partial charge is 0.508 e. The van der Waals surface area contributed by atoms with Crippen molar-refractivity contribution in [3.05, 3.63) is 45.9 Å². The van der Waals surface area contributed by atoms with E-state index in [1.807, 2.05) is 18.9 Å². The standard InChI is InChI=1S/C43H70N4O7S/c1-12-20-47(42(51)34(28(7)14-3)24-37(49)39(44-10)29(8)15-4)36(27(5)6)25-38(54-21-13-2)41-46-35(26-55-41)40(50)45-32(22-30(9)43(52)53-11)23-31-16-18-33(48)19-17-31/h16-19,26-30,32,34,36,38-39,44,48H,12-15,20-25H2,1-11H3,(H,45,50)/t28-,29-,30-,32+,34-,36+,38+,39-/m0/s1. The maximum Gasteiger partial charge on any atom is 0.308 e. The lowest BCUT2D eigenvalue weighted by atomic mass is 9.82. The monoisotopic (exact) mass is 786 g/mol. The first-order valence-corrected chi connectivity index (χ1v) is 21.3. The van der Waals surface area contributed by atoms with E-state index in [4.69, 9.17) is 14.5 Å². The summed E-state index contributed by atoms with van der Waals surface area (Å²) in [7, 11) is 3.17. The van der Waals surface area contributed by atoms with Crippen molar-refractivity contribution in [1.29, 1.82) is 0 Å². The van der Waals surface area contributed by atoms with E-state index in [0.29, 0.717) is 37.4 Å². The van der Waals surface area contributed by atoms with E-state index in [9.17, 15) is 24.3 Å². The fourth-order valence-electron chi connectivity index (χ4n) is 7.16. The number of likely N-dealkylation sites (N-methyl/N-ethyl adjacent to an activating group) is 1. The van der Waals surface area contributed by atoms with Crippen LogP contribution in [0.1, 0.15) is 134 Å². The number of phenols is 1. The molecule has 1 aromatic heterocycles. The second-order valence-corrected chi connectivity index (χ2v) is 16.4. The molecular formula is C43H70N4O7S. The van der Waals surface area contributed by atoms with Crippen LogP contribution >= 0.6 is 11.3 Å². The van der Waals surface area contributed by atoms with Crippen LogP contribution in [0.2, 0.25) is 0 Å². The minimum atomic E-state index is -0.457. The molecule has 8 atom stereocenters. The molecule has 0 spiro atoms. The van der Waals surface area contributed by atoms with Gasteiger partial charge >= 0.3 is 5.97 Å². The van der Waals surface area contributed by atoms with Crippen molar-refractivity contribution in [3.63, 3.8) is 0 Å². The van der Waals surface area contributed by atoms with Crippen molar-refractivity contribution < 1.29 is 33.8 Å². The molecule has 0 aliphatic rings. The van der Waals surface area contributed by atoms with Gasteiger partial charge in [-0.05, 0) is 68.2 Å². The number of carbonyl (C=O) groups is 4. The number of hydrogen-bond acceptors (Lipinski definition) is 10. The molecule has 0 aliphatic carbocycles. The number of methoxy groups -OCH3 is 1. The third-order valence-electron chi connectivity index (χ3n) is 10.9. The maximum absolute atomic E-state index is 14.7. The summed E-state index contributed by atoms with van der Waals surface area (Å²) < 4.78 is 11.4. The Balaban J connectivity index is 2.42. The molecule has 55 heavy (non-hydrogen) atoms. The summed E-state index contributed by atoms with van der Waals surface area (Å²) in [6, 6.07) is 5.88. The van der Waals surface area contributed by atoms with E-state index in [2.05, 4.69) is 59.1 Å². The Morgan fingerprint density at radius 3 is 2.13 bits per heavy atom. The molecule has 0 fully saturated rings. The minimum absolute atomic E-state index is 0.0107. The predicted octanol–water partition coefficient (Wildman–Crippen LogP) is 7.77. The molecule has 12 heteroatoms. The van der Waals surface area contributed by atoms with E-state index in [1.54, 1.807) is 36.6 Å². The number of benzene rings is 1. The number of esters is 1. The molecule has 0 saturated carbocycles. The van der Waals surface area contributed by atoms with Crippen LogP contribution in [0.3, 0.4) is 0 Å². The Hall–Kier alpha value is -3.35. The molecule has 1 aromatic carbocycles. The highest BCUT2D eigenvalue weighted by molar-refractivity contribution is 7.09. The average Bonchev–Trinajstić information content (AvgIpc) is 3.67. The van der Waals surface area contributed by atoms with Crippen molar-refractivity contribution in [2.24, 2.45) is 29.6 Å². The summed E-state index contributed by atoms with van der Waals surface area (Å²) in [6.45, 7) is 19.5. The number of aromatic hydroxyl groups is 1. The lowest BCUT2D eigenvalue weighted by Gasteiger charge is -2.39. The zero-order chi connectivity index (χ0) is 41.2. The Kier molecular flexibility index (Phi) is 21.1. The first kappa shape index (κ1) is 47.8. The molecule has 2 rings (SSSR count).